The number of hydrogen-bond acceptors (Lipinski definition) is 4. The van der Waals surface area contributed by atoms with Crippen LogP contribution >= 0.6 is 15.9 Å². The van der Waals surface area contributed by atoms with Gasteiger partial charge in [-0.25, -0.2) is 4.39 Å². The molecule has 2 rings (SSSR count). The van der Waals surface area contributed by atoms with Gasteiger partial charge in [0.2, 0.25) is 0 Å². The number of aromatic nitrogens is 1. The van der Waals surface area contributed by atoms with Crippen molar-refractivity contribution < 1.29 is 8.91 Å². The third kappa shape index (κ3) is 2.76. The number of nitrogens with zero attached hydrogens (tertiary/aromatic N) is 2. The molecule has 4 nitrogen and oxygen atoms in total. The van der Waals surface area contributed by atoms with E-state index in [0.717, 1.165) is 4.47 Å². The third-order valence-corrected chi connectivity index (χ3v) is 2.78. The first kappa shape index (κ1) is 11.9. The molecule has 0 aliphatic carbocycles. The zero-order chi connectivity index (χ0) is 12.4. The minimum absolute atomic E-state index is 0.289. The minimum Gasteiger partial charge on any atom is -0.381 e. The molecule has 0 radical (unpaired) electrons. The molecule has 0 aliphatic heterocycles. The Kier molecular flexibility index (Phi) is 3.33. The van der Waals surface area contributed by atoms with Crippen molar-refractivity contribution >= 4 is 27.4 Å². The smallest absolute Gasteiger partial charge is 0.167 e. The fourth-order valence-electron chi connectivity index (χ4n) is 1.50. The number of hydrogen-bond donors (Lipinski definition) is 1. The van der Waals surface area contributed by atoms with Crippen molar-refractivity contribution in [3.63, 3.8) is 0 Å². The molecule has 0 aliphatic rings. The number of nitrogen functional groups attached to an aromatic ring is 1. The number of benzene rings is 1. The molecule has 0 bridgehead atoms. The Morgan fingerprint density at radius 1 is 1.47 bits per heavy atom. The summed E-state index contributed by atoms with van der Waals surface area (Å²) in [7, 11) is 1.77. The summed E-state index contributed by atoms with van der Waals surface area (Å²) >= 11 is 3.31. The van der Waals surface area contributed by atoms with Crippen LogP contribution in [-0.2, 0) is 6.54 Å². The maximum atomic E-state index is 13.6. The monoisotopic (exact) mass is 299 g/mol. The third-order valence-electron chi connectivity index (χ3n) is 2.29. The summed E-state index contributed by atoms with van der Waals surface area (Å²) in [6, 6.07) is 6.38. The van der Waals surface area contributed by atoms with Crippen molar-refractivity contribution in [1.29, 1.82) is 0 Å². The lowest BCUT2D eigenvalue weighted by Crippen LogP contribution is -2.17. The summed E-state index contributed by atoms with van der Waals surface area (Å²) in [5.41, 5.74) is 5.92. The molecule has 17 heavy (non-hydrogen) atoms. The maximum absolute atomic E-state index is 13.6. The quantitative estimate of drug-likeness (QED) is 0.947. The molecule has 1 aromatic heterocycles. The van der Waals surface area contributed by atoms with E-state index in [0.29, 0.717) is 23.8 Å². The van der Waals surface area contributed by atoms with Crippen LogP contribution in [0.15, 0.2) is 33.3 Å². The van der Waals surface area contributed by atoms with E-state index < -0.39 is 0 Å². The zero-order valence-corrected chi connectivity index (χ0v) is 10.7. The van der Waals surface area contributed by atoms with E-state index in [4.69, 9.17) is 10.3 Å². The second-order valence-electron chi connectivity index (χ2n) is 3.67. The van der Waals surface area contributed by atoms with Gasteiger partial charge in [-0.3, -0.25) is 0 Å². The predicted molar refractivity (Wildman–Crippen MR) is 67.1 cm³/mol. The molecule has 0 spiro atoms. The van der Waals surface area contributed by atoms with E-state index in [9.17, 15) is 4.39 Å². The van der Waals surface area contributed by atoms with Crippen LogP contribution in [0.3, 0.4) is 0 Å². The van der Waals surface area contributed by atoms with E-state index in [1.807, 2.05) is 0 Å². The number of halogens is 2. The summed E-state index contributed by atoms with van der Waals surface area (Å²) in [5.74, 6) is 0.621. The first-order valence-electron chi connectivity index (χ1n) is 4.93. The predicted octanol–water partition coefficient (Wildman–Crippen LogP) is 2.79. The molecule has 0 amide bonds. The molecule has 6 heteroatoms. The first-order chi connectivity index (χ1) is 8.06. The molecule has 0 atom stereocenters. The molecule has 0 saturated carbocycles. The first-order valence-corrected chi connectivity index (χ1v) is 5.73. The van der Waals surface area contributed by atoms with Crippen molar-refractivity contribution in [2.75, 3.05) is 17.7 Å². The normalized spacial score (nSPS) is 10.5. The van der Waals surface area contributed by atoms with Gasteiger partial charge >= 0.3 is 0 Å². The van der Waals surface area contributed by atoms with Gasteiger partial charge in [-0.05, 0) is 18.2 Å². The van der Waals surface area contributed by atoms with Crippen LogP contribution in [-0.4, -0.2) is 12.2 Å². The van der Waals surface area contributed by atoms with Crippen molar-refractivity contribution in [3.8, 4) is 0 Å². The van der Waals surface area contributed by atoms with Gasteiger partial charge < -0.3 is 15.2 Å². The molecule has 0 saturated heterocycles. The van der Waals surface area contributed by atoms with Crippen LogP contribution in [0, 0.1) is 5.82 Å². The Labute approximate surface area is 106 Å². The lowest BCUT2D eigenvalue weighted by Gasteiger charge is -2.18. The van der Waals surface area contributed by atoms with Gasteiger partial charge in [-0.1, -0.05) is 21.1 Å². The standard InChI is InChI=1S/C11H11BrFN3O/c1-16(6-8-5-11(14)15-17-8)10-4-7(12)2-3-9(10)13/h2-5H,6H2,1H3,(H2,14,15). The largest absolute Gasteiger partial charge is 0.381 e. The van der Waals surface area contributed by atoms with E-state index in [1.54, 1.807) is 30.1 Å². The van der Waals surface area contributed by atoms with Crippen molar-refractivity contribution in [3.05, 3.63) is 40.3 Å². The van der Waals surface area contributed by atoms with Gasteiger partial charge in [0.1, 0.15) is 5.82 Å². The van der Waals surface area contributed by atoms with Gasteiger partial charge in [0, 0.05) is 17.6 Å². The average Bonchev–Trinajstić information content (AvgIpc) is 2.67. The number of rotatable bonds is 3. The Hall–Kier alpha value is -1.56. The van der Waals surface area contributed by atoms with Gasteiger partial charge in [0.05, 0.1) is 12.2 Å². The molecule has 90 valence electrons. The summed E-state index contributed by atoms with van der Waals surface area (Å²) in [5, 5.41) is 3.58. The molecule has 0 fully saturated rings. The summed E-state index contributed by atoms with van der Waals surface area (Å²) in [6.45, 7) is 0.400. The topological polar surface area (TPSA) is 55.3 Å². The van der Waals surface area contributed by atoms with Crippen LogP contribution < -0.4 is 10.6 Å². The van der Waals surface area contributed by atoms with Crippen molar-refractivity contribution in [2.24, 2.45) is 0 Å². The molecular weight excluding hydrogens is 289 g/mol. The van der Waals surface area contributed by atoms with Crippen LogP contribution in [0.1, 0.15) is 5.76 Å². The lowest BCUT2D eigenvalue weighted by atomic mass is 10.2. The second kappa shape index (κ2) is 4.75. The second-order valence-corrected chi connectivity index (χ2v) is 4.59. The fraction of sp³-hybridized carbons (Fsp3) is 0.182. The van der Waals surface area contributed by atoms with Crippen molar-refractivity contribution in [2.45, 2.75) is 6.54 Å². The average molecular weight is 300 g/mol. The van der Waals surface area contributed by atoms with Crippen LogP contribution in [0.5, 0.6) is 0 Å². The van der Waals surface area contributed by atoms with Crippen LogP contribution in [0.4, 0.5) is 15.9 Å². The van der Waals surface area contributed by atoms with Gasteiger partial charge in [-0.2, -0.15) is 0 Å². The molecule has 1 heterocycles. The summed E-state index contributed by atoms with van der Waals surface area (Å²) in [4.78, 5) is 1.72. The summed E-state index contributed by atoms with van der Waals surface area (Å²) < 4.78 is 19.4. The van der Waals surface area contributed by atoms with Gasteiger partial charge in [0.15, 0.2) is 11.6 Å². The van der Waals surface area contributed by atoms with E-state index >= 15 is 0 Å². The molecule has 0 unspecified atom stereocenters. The van der Waals surface area contributed by atoms with Crippen molar-refractivity contribution in [1.82, 2.24) is 5.16 Å². The van der Waals surface area contributed by atoms with E-state index in [1.165, 1.54) is 6.07 Å². The number of nitrogens with two attached hydrogens (primary N) is 1. The van der Waals surface area contributed by atoms with E-state index in [-0.39, 0.29) is 5.82 Å². The minimum atomic E-state index is -0.289. The van der Waals surface area contributed by atoms with Crippen LogP contribution in [0.2, 0.25) is 0 Å². The Morgan fingerprint density at radius 3 is 2.88 bits per heavy atom. The highest BCUT2D eigenvalue weighted by atomic mass is 79.9. The molecule has 1 aromatic carbocycles. The summed E-state index contributed by atoms with van der Waals surface area (Å²) in [6.07, 6.45) is 0. The Balaban J connectivity index is 2.19. The molecular formula is C11H11BrFN3O. The maximum Gasteiger partial charge on any atom is 0.167 e. The highest BCUT2D eigenvalue weighted by Gasteiger charge is 2.11. The highest BCUT2D eigenvalue weighted by molar-refractivity contribution is 9.10. The fourth-order valence-corrected chi connectivity index (χ4v) is 1.85. The number of anilines is 2. The van der Waals surface area contributed by atoms with Gasteiger partial charge in [-0.15, -0.1) is 0 Å². The van der Waals surface area contributed by atoms with E-state index in [2.05, 4.69) is 21.1 Å². The highest BCUT2D eigenvalue weighted by Crippen LogP contribution is 2.24. The Morgan fingerprint density at radius 2 is 2.24 bits per heavy atom. The molecule has 2 aromatic rings. The molecule has 2 N–H and O–H groups in total. The SMILES string of the molecule is CN(Cc1cc(N)no1)c1cc(Br)ccc1F. The van der Waals surface area contributed by atoms with Crippen LogP contribution in [0.25, 0.3) is 0 Å². The zero-order valence-electron chi connectivity index (χ0n) is 9.15. The van der Waals surface area contributed by atoms with Gasteiger partial charge in [0.25, 0.3) is 0 Å². The lowest BCUT2D eigenvalue weighted by molar-refractivity contribution is 0.385. The Bertz CT molecular complexity index is 529.